The Bertz CT molecular complexity index is 184. The summed E-state index contributed by atoms with van der Waals surface area (Å²) in [6.45, 7) is 6.28. The first-order valence-electron chi connectivity index (χ1n) is 9.60. The van der Waals surface area contributed by atoms with Crippen molar-refractivity contribution in [1.29, 1.82) is 0 Å². The Kier molecular flexibility index (Phi) is 17.9. The molecule has 21 heavy (non-hydrogen) atoms. The zero-order chi connectivity index (χ0) is 15.6. The average Bonchev–Trinajstić information content (AvgIpc) is 2.51. The maximum absolute atomic E-state index is 5.57. The molecule has 0 aromatic rings. The molecule has 0 heterocycles. The van der Waals surface area contributed by atoms with Crippen molar-refractivity contribution < 1.29 is 4.74 Å². The van der Waals surface area contributed by atoms with Crippen molar-refractivity contribution in [2.24, 2.45) is 0 Å². The third-order valence-corrected chi connectivity index (χ3v) is 4.27. The van der Waals surface area contributed by atoms with Gasteiger partial charge in [-0.25, -0.2) is 0 Å². The highest BCUT2D eigenvalue weighted by atomic mass is 16.5. The van der Waals surface area contributed by atoms with Gasteiger partial charge < -0.3 is 10.1 Å². The molecule has 1 unspecified atom stereocenters. The van der Waals surface area contributed by atoms with Gasteiger partial charge >= 0.3 is 0 Å². The summed E-state index contributed by atoms with van der Waals surface area (Å²) in [6, 6.07) is 0.649. The summed E-state index contributed by atoms with van der Waals surface area (Å²) < 4.78 is 5.57. The second-order valence-electron chi connectivity index (χ2n) is 6.36. The molecule has 1 atom stereocenters. The van der Waals surface area contributed by atoms with Gasteiger partial charge in [0, 0.05) is 19.3 Å². The van der Waals surface area contributed by atoms with Crippen LogP contribution in [0.4, 0.5) is 0 Å². The molecule has 0 spiro atoms. The Morgan fingerprint density at radius 3 is 1.76 bits per heavy atom. The van der Waals surface area contributed by atoms with Crippen molar-refractivity contribution in [3.63, 3.8) is 0 Å². The topological polar surface area (TPSA) is 21.3 Å². The van der Waals surface area contributed by atoms with Crippen LogP contribution in [0.15, 0.2) is 0 Å². The summed E-state index contributed by atoms with van der Waals surface area (Å²) in [5.41, 5.74) is 0. The van der Waals surface area contributed by atoms with Gasteiger partial charge in [-0.05, 0) is 26.3 Å². The van der Waals surface area contributed by atoms with E-state index in [1.54, 1.807) is 0 Å². The standard InChI is InChI=1S/C19H41NO/c1-4-6-7-8-9-10-11-12-13-14-15-19(20-3)16-18-21-17-5-2/h19-20H,4-18H2,1-3H3. The Hall–Kier alpha value is -0.0800. The van der Waals surface area contributed by atoms with Gasteiger partial charge in [0.2, 0.25) is 0 Å². The maximum atomic E-state index is 5.57. The van der Waals surface area contributed by atoms with Crippen LogP contribution in [0.5, 0.6) is 0 Å². The molecule has 0 saturated carbocycles. The molecule has 2 nitrogen and oxygen atoms in total. The summed E-state index contributed by atoms with van der Waals surface area (Å²) in [6.07, 6.45) is 17.8. The first-order valence-corrected chi connectivity index (χ1v) is 9.60. The number of hydrogen-bond donors (Lipinski definition) is 1. The molecule has 0 aromatic heterocycles. The Morgan fingerprint density at radius 2 is 1.24 bits per heavy atom. The average molecular weight is 300 g/mol. The molecule has 0 amide bonds. The van der Waals surface area contributed by atoms with Crippen LogP contribution in [0, 0.1) is 0 Å². The van der Waals surface area contributed by atoms with Gasteiger partial charge in [0.25, 0.3) is 0 Å². The molecule has 2 heteroatoms. The quantitative estimate of drug-likeness (QED) is 0.348. The fourth-order valence-corrected chi connectivity index (χ4v) is 2.78. The van der Waals surface area contributed by atoms with Gasteiger partial charge in [-0.15, -0.1) is 0 Å². The summed E-state index contributed by atoms with van der Waals surface area (Å²) >= 11 is 0. The third kappa shape index (κ3) is 16.1. The first-order chi connectivity index (χ1) is 10.3. The molecule has 0 aliphatic rings. The Balaban J connectivity index is 3.23. The molecule has 0 radical (unpaired) electrons. The van der Waals surface area contributed by atoms with Crippen LogP contribution in [-0.2, 0) is 4.74 Å². The van der Waals surface area contributed by atoms with E-state index in [0.717, 1.165) is 26.1 Å². The second kappa shape index (κ2) is 18.0. The number of unbranched alkanes of at least 4 members (excludes halogenated alkanes) is 9. The lowest BCUT2D eigenvalue weighted by Gasteiger charge is -2.16. The lowest BCUT2D eigenvalue weighted by Crippen LogP contribution is -2.26. The Labute approximate surface area is 134 Å². The van der Waals surface area contributed by atoms with E-state index in [0.29, 0.717) is 6.04 Å². The van der Waals surface area contributed by atoms with Crippen molar-refractivity contribution in [3.05, 3.63) is 0 Å². The van der Waals surface area contributed by atoms with Crippen molar-refractivity contribution in [2.75, 3.05) is 20.3 Å². The van der Waals surface area contributed by atoms with Crippen LogP contribution in [0.3, 0.4) is 0 Å². The highest BCUT2D eigenvalue weighted by molar-refractivity contribution is 4.64. The molecular formula is C19H41NO. The van der Waals surface area contributed by atoms with E-state index in [-0.39, 0.29) is 0 Å². The van der Waals surface area contributed by atoms with Crippen LogP contribution in [-0.4, -0.2) is 26.3 Å². The fourth-order valence-electron chi connectivity index (χ4n) is 2.78. The lowest BCUT2D eigenvalue weighted by molar-refractivity contribution is 0.124. The smallest absolute Gasteiger partial charge is 0.0480 e. The molecule has 0 bridgehead atoms. The normalized spacial score (nSPS) is 12.7. The van der Waals surface area contributed by atoms with E-state index in [1.165, 1.54) is 70.6 Å². The zero-order valence-electron chi connectivity index (χ0n) is 15.1. The van der Waals surface area contributed by atoms with Crippen LogP contribution in [0.2, 0.25) is 0 Å². The Morgan fingerprint density at radius 1 is 0.667 bits per heavy atom. The molecule has 0 aromatic carbocycles. The molecule has 0 saturated heterocycles. The van der Waals surface area contributed by atoms with E-state index < -0.39 is 0 Å². The summed E-state index contributed by atoms with van der Waals surface area (Å²) in [4.78, 5) is 0. The van der Waals surface area contributed by atoms with Crippen LogP contribution < -0.4 is 5.32 Å². The second-order valence-corrected chi connectivity index (χ2v) is 6.36. The largest absolute Gasteiger partial charge is 0.381 e. The van der Waals surface area contributed by atoms with Crippen molar-refractivity contribution in [2.45, 2.75) is 103 Å². The van der Waals surface area contributed by atoms with Gasteiger partial charge in [0.05, 0.1) is 0 Å². The first kappa shape index (κ1) is 20.9. The summed E-state index contributed by atoms with van der Waals surface area (Å²) in [7, 11) is 2.08. The minimum absolute atomic E-state index is 0.649. The van der Waals surface area contributed by atoms with E-state index >= 15 is 0 Å². The van der Waals surface area contributed by atoms with E-state index in [1.807, 2.05) is 0 Å². The minimum atomic E-state index is 0.649. The van der Waals surface area contributed by atoms with Gasteiger partial charge in [-0.3, -0.25) is 0 Å². The number of ether oxygens (including phenoxy) is 1. The number of rotatable bonds is 17. The molecule has 128 valence electrons. The zero-order valence-corrected chi connectivity index (χ0v) is 15.1. The molecule has 0 aliphatic heterocycles. The summed E-state index contributed by atoms with van der Waals surface area (Å²) in [5.74, 6) is 0. The van der Waals surface area contributed by atoms with Crippen LogP contribution in [0.25, 0.3) is 0 Å². The van der Waals surface area contributed by atoms with E-state index in [2.05, 4.69) is 26.2 Å². The molecule has 1 N–H and O–H groups in total. The van der Waals surface area contributed by atoms with Crippen LogP contribution in [0.1, 0.15) is 97.3 Å². The minimum Gasteiger partial charge on any atom is -0.381 e. The third-order valence-electron chi connectivity index (χ3n) is 4.27. The maximum Gasteiger partial charge on any atom is 0.0480 e. The molecule has 0 rings (SSSR count). The number of hydrogen-bond acceptors (Lipinski definition) is 2. The monoisotopic (exact) mass is 299 g/mol. The van der Waals surface area contributed by atoms with Crippen LogP contribution >= 0.6 is 0 Å². The van der Waals surface area contributed by atoms with Crippen molar-refractivity contribution in [1.82, 2.24) is 5.32 Å². The van der Waals surface area contributed by atoms with Gasteiger partial charge in [-0.2, -0.15) is 0 Å². The predicted octanol–water partition coefficient (Wildman–Crippen LogP) is 5.70. The molecular weight excluding hydrogens is 258 g/mol. The summed E-state index contributed by atoms with van der Waals surface area (Å²) in [5, 5.41) is 3.43. The highest BCUT2D eigenvalue weighted by Gasteiger charge is 2.05. The number of nitrogens with one attached hydrogen (secondary N) is 1. The lowest BCUT2D eigenvalue weighted by atomic mass is 10.0. The highest BCUT2D eigenvalue weighted by Crippen LogP contribution is 2.12. The SMILES string of the molecule is CCCCCCCCCCCCC(CCOCCC)NC. The van der Waals surface area contributed by atoms with Gasteiger partial charge in [0.15, 0.2) is 0 Å². The van der Waals surface area contributed by atoms with Crippen molar-refractivity contribution in [3.8, 4) is 0 Å². The van der Waals surface area contributed by atoms with Crippen molar-refractivity contribution >= 4 is 0 Å². The van der Waals surface area contributed by atoms with E-state index in [4.69, 9.17) is 4.74 Å². The van der Waals surface area contributed by atoms with Gasteiger partial charge in [0.1, 0.15) is 0 Å². The molecule has 0 fully saturated rings. The fraction of sp³-hybridized carbons (Fsp3) is 1.00. The predicted molar refractivity (Wildman–Crippen MR) is 95.0 cm³/mol. The molecule has 0 aliphatic carbocycles. The van der Waals surface area contributed by atoms with E-state index in [9.17, 15) is 0 Å². The van der Waals surface area contributed by atoms with Gasteiger partial charge in [-0.1, -0.05) is 78.1 Å².